The van der Waals surface area contributed by atoms with Gasteiger partial charge in [0.05, 0.1) is 16.8 Å². The Morgan fingerprint density at radius 2 is 1.61 bits per heavy atom. The van der Waals surface area contributed by atoms with E-state index in [1.807, 2.05) is 40.1 Å². The molecule has 170 valence electrons. The van der Waals surface area contributed by atoms with Crippen LogP contribution in [0, 0.1) is 5.82 Å². The number of halogens is 1. The van der Waals surface area contributed by atoms with Crippen LogP contribution in [0.2, 0.25) is 0 Å². The molecular formula is C26H27FN4O2. The van der Waals surface area contributed by atoms with Crippen molar-refractivity contribution >= 4 is 34.1 Å². The minimum Gasteiger partial charge on any atom is -0.366 e. The number of amides is 1. The fourth-order valence-corrected chi connectivity index (χ4v) is 4.74. The number of aromatic nitrogens is 1. The number of hydrogen-bond acceptors (Lipinski definition) is 5. The predicted octanol–water partition coefficient (Wildman–Crippen LogP) is 4.14. The van der Waals surface area contributed by atoms with Crippen LogP contribution in [0.25, 0.3) is 10.9 Å². The van der Waals surface area contributed by atoms with Crippen molar-refractivity contribution < 1.29 is 14.0 Å². The number of ketones is 1. The molecule has 2 aliphatic heterocycles. The van der Waals surface area contributed by atoms with E-state index in [1.165, 1.54) is 13.0 Å². The number of carbonyl (C=O) groups excluding carboxylic acids is 2. The van der Waals surface area contributed by atoms with E-state index in [0.29, 0.717) is 43.0 Å². The van der Waals surface area contributed by atoms with Gasteiger partial charge >= 0.3 is 0 Å². The Morgan fingerprint density at radius 3 is 2.30 bits per heavy atom. The molecule has 0 spiro atoms. The second kappa shape index (κ2) is 8.81. The molecule has 0 aliphatic carbocycles. The molecule has 6 nitrogen and oxygen atoms in total. The summed E-state index contributed by atoms with van der Waals surface area (Å²) in [5.74, 6) is 0.179. The van der Waals surface area contributed by atoms with Gasteiger partial charge in [-0.15, -0.1) is 0 Å². The van der Waals surface area contributed by atoms with E-state index in [9.17, 15) is 14.0 Å². The Kier molecular flexibility index (Phi) is 5.70. The number of para-hydroxylation sites is 1. The summed E-state index contributed by atoms with van der Waals surface area (Å²) in [6.45, 7) is 5.31. The number of hydrogen-bond donors (Lipinski definition) is 0. The van der Waals surface area contributed by atoms with Gasteiger partial charge in [-0.3, -0.25) is 9.59 Å². The van der Waals surface area contributed by atoms with Crippen LogP contribution in [0.15, 0.2) is 48.5 Å². The fraction of sp³-hybridized carbons (Fsp3) is 0.346. The molecule has 2 fully saturated rings. The van der Waals surface area contributed by atoms with Gasteiger partial charge in [-0.2, -0.15) is 0 Å². The van der Waals surface area contributed by atoms with Crippen molar-refractivity contribution in [2.45, 2.75) is 19.8 Å². The molecule has 0 N–H and O–H groups in total. The fourth-order valence-electron chi connectivity index (χ4n) is 4.74. The van der Waals surface area contributed by atoms with Crippen LogP contribution in [-0.4, -0.2) is 60.8 Å². The lowest BCUT2D eigenvalue weighted by Gasteiger charge is -2.36. The highest BCUT2D eigenvalue weighted by Gasteiger charge is 2.28. The number of anilines is 2. The van der Waals surface area contributed by atoms with E-state index in [1.54, 1.807) is 12.1 Å². The summed E-state index contributed by atoms with van der Waals surface area (Å²) in [5, 5.41) is 0.954. The lowest BCUT2D eigenvalue weighted by molar-refractivity contribution is 0.0747. The summed E-state index contributed by atoms with van der Waals surface area (Å²) < 4.78 is 14.6. The molecule has 2 aliphatic rings. The van der Waals surface area contributed by atoms with E-state index in [0.717, 1.165) is 42.7 Å². The molecule has 1 amide bonds. The van der Waals surface area contributed by atoms with Crippen molar-refractivity contribution in [1.29, 1.82) is 0 Å². The Morgan fingerprint density at radius 1 is 0.879 bits per heavy atom. The number of pyridine rings is 1. The first kappa shape index (κ1) is 21.4. The van der Waals surface area contributed by atoms with Crippen molar-refractivity contribution in [3.05, 3.63) is 65.5 Å². The number of piperazine rings is 1. The van der Waals surface area contributed by atoms with Crippen LogP contribution in [0.1, 0.15) is 40.5 Å². The number of Topliss-reactive ketones (excluding diaryl/α,β-unsaturated/α-hetero) is 1. The quantitative estimate of drug-likeness (QED) is 0.564. The van der Waals surface area contributed by atoms with Crippen molar-refractivity contribution in [2.75, 3.05) is 49.1 Å². The normalized spacial score (nSPS) is 16.5. The lowest BCUT2D eigenvalue weighted by Crippen LogP contribution is -2.49. The van der Waals surface area contributed by atoms with Gasteiger partial charge in [-0.1, -0.05) is 18.2 Å². The number of rotatable bonds is 4. The smallest absolute Gasteiger partial charge is 0.257 e. The van der Waals surface area contributed by atoms with E-state index in [-0.39, 0.29) is 11.7 Å². The summed E-state index contributed by atoms with van der Waals surface area (Å²) in [4.78, 5) is 35.9. The molecule has 0 saturated carbocycles. The zero-order chi connectivity index (χ0) is 22.9. The third-order valence-electron chi connectivity index (χ3n) is 6.60. The number of nitrogens with zero attached hydrogens (tertiary/aromatic N) is 4. The number of carbonyl (C=O) groups is 2. The third-order valence-corrected chi connectivity index (χ3v) is 6.60. The highest BCUT2D eigenvalue weighted by atomic mass is 19.1. The molecule has 0 unspecified atom stereocenters. The summed E-state index contributed by atoms with van der Waals surface area (Å²) in [7, 11) is 0. The SMILES string of the molecule is CC(=O)c1ccc(N2CCN(C(=O)c3cc4ccccc4nc3N3CCCC3)CC2)c(F)c1. The zero-order valence-electron chi connectivity index (χ0n) is 18.8. The molecule has 0 atom stereocenters. The van der Waals surface area contributed by atoms with E-state index < -0.39 is 5.82 Å². The van der Waals surface area contributed by atoms with Gasteiger partial charge < -0.3 is 14.7 Å². The number of benzene rings is 2. The first-order valence-corrected chi connectivity index (χ1v) is 11.5. The minimum absolute atomic E-state index is 0.0257. The van der Waals surface area contributed by atoms with Crippen molar-refractivity contribution in [2.24, 2.45) is 0 Å². The van der Waals surface area contributed by atoms with Crippen LogP contribution in [-0.2, 0) is 0 Å². The van der Waals surface area contributed by atoms with E-state index >= 15 is 0 Å². The van der Waals surface area contributed by atoms with Gasteiger partial charge in [0.15, 0.2) is 5.78 Å². The zero-order valence-corrected chi connectivity index (χ0v) is 18.8. The molecule has 2 aromatic carbocycles. The maximum absolute atomic E-state index is 14.6. The molecule has 3 heterocycles. The Hall–Kier alpha value is -3.48. The molecular weight excluding hydrogens is 419 g/mol. The van der Waals surface area contributed by atoms with Crippen LogP contribution >= 0.6 is 0 Å². The summed E-state index contributed by atoms with van der Waals surface area (Å²) in [6, 6.07) is 14.4. The molecule has 33 heavy (non-hydrogen) atoms. The summed E-state index contributed by atoms with van der Waals surface area (Å²) in [6.07, 6.45) is 2.21. The maximum atomic E-state index is 14.6. The predicted molar refractivity (Wildman–Crippen MR) is 128 cm³/mol. The highest BCUT2D eigenvalue weighted by molar-refractivity contribution is 6.02. The van der Waals surface area contributed by atoms with Gasteiger partial charge in [0.2, 0.25) is 0 Å². The first-order valence-electron chi connectivity index (χ1n) is 11.5. The lowest BCUT2D eigenvalue weighted by atomic mass is 10.1. The van der Waals surface area contributed by atoms with E-state index in [2.05, 4.69) is 4.90 Å². The molecule has 3 aromatic rings. The van der Waals surface area contributed by atoms with Crippen molar-refractivity contribution in [1.82, 2.24) is 9.88 Å². The van der Waals surface area contributed by atoms with Crippen LogP contribution in [0.3, 0.4) is 0 Å². The molecule has 7 heteroatoms. The summed E-state index contributed by atoms with van der Waals surface area (Å²) >= 11 is 0. The van der Waals surface area contributed by atoms with Crippen molar-refractivity contribution in [3.8, 4) is 0 Å². The molecule has 0 bridgehead atoms. The molecule has 1 aromatic heterocycles. The van der Waals surface area contributed by atoms with Gasteiger partial charge in [0.1, 0.15) is 11.6 Å². The highest BCUT2D eigenvalue weighted by Crippen LogP contribution is 2.29. The Labute approximate surface area is 192 Å². The minimum atomic E-state index is -0.405. The first-order chi connectivity index (χ1) is 16.0. The molecule has 2 saturated heterocycles. The molecule has 0 radical (unpaired) electrons. The van der Waals surface area contributed by atoms with Crippen LogP contribution in [0.4, 0.5) is 15.9 Å². The van der Waals surface area contributed by atoms with Crippen molar-refractivity contribution in [3.63, 3.8) is 0 Å². The maximum Gasteiger partial charge on any atom is 0.257 e. The summed E-state index contributed by atoms with van der Waals surface area (Å²) in [5.41, 5.74) is 2.37. The van der Waals surface area contributed by atoms with Gasteiger partial charge in [-0.05, 0) is 50.1 Å². The average molecular weight is 447 g/mol. The largest absolute Gasteiger partial charge is 0.366 e. The average Bonchev–Trinajstić information content (AvgIpc) is 3.38. The second-order valence-corrected chi connectivity index (χ2v) is 8.75. The standard InChI is InChI=1S/C26H27FN4O2/c1-18(32)19-8-9-24(22(27)17-19)29-12-14-31(15-13-29)26(33)21-16-20-6-2-3-7-23(20)28-25(21)30-10-4-5-11-30/h2-3,6-9,16-17H,4-5,10-15H2,1H3. The third kappa shape index (κ3) is 4.15. The van der Waals surface area contributed by atoms with Gasteiger partial charge in [0, 0.05) is 50.2 Å². The Bertz CT molecular complexity index is 1210. The van der Waals surface area contributed by atoms with Crippen LogP contribution < -0.4 is 9.80 Å². The van der Waals surface area contributed by atoms with E-state index in [4.69, 9.17) is 4.98 Å². The monoisotopic (exact) mass is 446 g/mol. The number of fused-ring (bicyclic) bond motifs is 1. The van der Waals surface area contributed by atoms with Gasteiger partial charge in [-0.25, -0.2) is 9.37 Å². The molecule has 5 rings (SSSR count). The topological polar surface area (TPSA) is 56.8 Å². The van der Waals surface area contributed by atoms with Gasteiger partial charge in [0.25, 0.3) is 5.91 Å². The second-order valence-electron chi connectivity index (χ2n) is 8.75. The van der Waals surface area contributed by atoms with Crippen LogP contribution in [0.5, 0.6) is 0 Å². The Balaban J connectivity index is 1.37.